The molecular formula is C60H50F9N19O6S3. The van der Waals surface area contributed by atoms with Gasteiger partial charge in [-0.2, -0.15) is 70.1 Å². The predicted octanol–water partition coefficient (Wildman–Crippen LogP) is 10.6. The van der Waals surface area contributed by atoms with E-state index in [1.54, 1.807) is 13.8 Å². The van der Waals surface area contributed by atoms with E-state index in [0.717, 1.165) is 52.4 Å². The molecule has 0 fully saturated rings. The van der Waals surface area contributed by atoms with Gasteiger partial charge in [0.05, 0.1) is 81.3 Å². The van der Waals surface area contributed by atoms with Gasteiger partial charge in [-0.25, -0.2) is 44.9 Å². The number of hydrogen-bond donors (Lipinski definition) is 2. The minimum atomic E-state index is -4.71. The molecule has 0 radical (unpaired) electrons. The summed E-state index contributed by atoms with van der Waals surface area (Å²) in [4.78, 5) is 101. The highest BCUT2D eigenvalue weighted by Gasteiger charge is 2.38. The van der Waals surface area contributed by atoms with Crippen LogP contribution in [-0.2, 0) is 65.0 Å². The summed E-state index contributed by atoms with van der Waals surface area (Å²) in [5.74, 6) is -2.66. The lowest BCUT2D eigenvalue weighted by Crippen LogP contribution is -2.16. The first-order valence-electron chi connectivity index (χ1n) is 28.3. The second-order valence-electron chi connectivity index (χ2n) is 21.1. The highest BCUT2D eigenvalue weighted by atomic mass is 32.1. The van der Waals surface area contributed by atoms with Crippen LogP contribution in [0.4, 0.5) is 45.2 Å². The zero-order valence-corrected chi connectivity index (χ0v) is 54.0. The van der Waals surface area contributed by atoms with Crippen LogP contribution in [0.2, 0.25) is 0 Å². The number of ketones is 5. The minimum Gasteiger partial charge on any atom is -0.397 e. The fourth-order valence-corrected chi connectivity index (χ4v) is 12.0. The summed E-state index contributed by atoms with van der Waals surface area (Å²) in [6.45, 7) is 11.2. The molecule has 0 bridgehead atoms. The van der Waals surface area contributed by atoms with Crippen molar-refractivity contribution in [2.75, 3.05) is 5.73 Å². The molecule has 1 atom stereocenters. The van der Waals surface area contributed by atoms with Gasteiger partial charge in [0, 0.05) is 68.7 Å². The SMILES string of the molecule is CC(=O)Cc1cnc(-n2nccn2)c(C(F)(F)F)c1.CC(=O)c1c(CC(=O)Cc2cnc(-n3nccn3)c(C(F)(F)F)c2)cnc2sc(C)nc12.CC(=O)c1c(N)cnc2sc(C)nc12.Cc1nc2c(C(C)O)c(CC(=O)Cc3cnc(-n4nccn4)c(C(F)(F)F)c3)cnc2s1. The maximum atomic E-state index is 13.6. The molecule has 12 aromatic heterocycles. The van der Waals surface area contributed by atoms with Crippen LogP contribution in [0.1, 0.15) is 120 Å². The number of thiazole rings is 3. The third kappa shape index (κ3) is 17.1. The Balaban J connectivity index is 0.000000159. The molecule has 0 amide bonds. The van der Waals surface area contributed by atoms with E-state index in [1.807, 2.05) is 13.8 Å². The Morgan fingerprint density at radius 3 is 1.15 bits per heavy atom. The second-order valence-corrected chi connectivity index (χ2v) is 24.7. The van der Waals surface area contributed by atoms with Gasteiger partial charge in [-0.3, -0.25) is 24.0 Å². The van der Waals surface area contributed by atoms with Crippen LogP contribution in [0.5, 0.6) is 0 Å². The quantitative estimate of drug-likeness (QED) is 0.0670. The molecule has 0 aliphatic carbocycles. The summed E-state index contributed by atoms with van der Waals surface area (Å²) in [5, 5.41) is 34.7. The van der Waals surface area contributed by atoms with Crippen LogP contribution in [-0.4, -0.2) is 124 Å². The van der Waals surface area contributed by atoms with Crippen molar-refractivity contribution in [3.8, 4) is 17.5 Å². The van der Waals surface area contributed by atoms with Crippen molar-refractivity contribution in [1.82, 2.24) is 89.8 Å². The van der Waals surface area contributed by atoms with Crippen LogP contribution in [0.3, 0.4) is 0 Å². The summed E-state index contributed by atoms with van der Waals surface area (Å²) in [5.41, 5.74) is 7.18. The van der Waals surface area contributed by atoms with Gasteiger partial charge in [0.15, 0.2) is 29.0 Å². The lowest BCUT2D eigenvalue weighted by atomic mass is 9.97. The summed E-state index contributed by atoms with van der Waals surface area (Å²) < 4.78 is 120. The van der Waals surface area contributed by atoms with Gasteiger partial charge in [-0.1, -0.05) is 34.0 Å². The molecule has 12 heterocycles. The van der Waals surface area contributed by atoms with Crippen LogP contribution >= 0.6 is 34.0 Å². The number of fused-ring (bicyclic) bond motifs is 3. The van der Waals surface area contributed by atoms with Crippen molar-refractivity contribution in [3.63, 3.8) is 0 Å². The Morgan fingerprint density at radius 2 is 0.794 bits per heavy atom. The smallest absolute Gasteiger partial charge is 0.397 e. The van der Waals surface area contributed by atoms with Crippen molar-refractivity contribution < 1.29 is 68.6 Å². The van der Waals surface area contributed by atoms with Gasteiger partial charge in [0.25, 0.3) is 0 Å². The number of carbonyl (C=O) groups is 5. The van der Waals surface area contributed by atoms with Gasteiger partial charge in [-0.05, 0) is 94.5 Å². The van der Waals surface area contributed by atoms with Gasteiger partial charge in [0.2, 0.25) is 0 Å². The van der Waals surface area contributed by atoms with Crippen molar-refractivity contribution in [2.24, 2.45) is 0 Å². The van der Waals surface area contributed by atoms with Crippen LogP contribution in [0.15, 0.2) is 92.6 Å². The van der Waals surface area contributed by atoms with Crippen LogP contribution in [0.25, 0.3) is 48.5 Å². The van der Waals surface area contributed by atoms with E-state index in [2.05, 4.69) is 75.4 Å². The summed E-state index contributed by atoms with van der Waals surface area (Å²) in [6.07, 6.45) is -0.296. The van der Waals surface area contributed by atoms with Crippen molar-refractivity contribution >= 4 is 99.7 Å². The third-order valence-electron chi connectivity index (χ3n) is 13.5. The average Bonchev–Trinajstić information content (AvgIpc) is 1.36. The molecule has 3 N–H and O–H groups in total. The summed E-state index contributed by atoms with van der Waals surface area (Å²) in [6, 6.07) is 2.64. The van der Waals surface area contributed by atoms with Gasteiger partial charge in [-0.15, -0.1) is 14.4 Å². The first-order valence-corrected chi connectivity index (χ1v) is 30.7. The number of aliphatic hydroxyl groups is 1. The number of Topliss-reactive ketones (excluding diaryl/α,β-unsaturated/α-hetero) is 5. The summed E-state index contributed by atoms with van der Waals surface area (Å²) >= 11 is 4.17. The summed E-state index contributed by atoms with van der Waals surface area (Å²) in [7, 11) is 0. The first-order chi connectivity index (χ1) is 45.7. The molecule has 0 spiro atoms. The highest BCUT2D eigenvalue weighted by Crippen LogP contribution is 2.37. The zero-order chi connectivity index (χ0) is 70.4. The van der Waals surface area contributed by atoms with E-state index < -0.39 is 58.8 Å². The molecule has 1 unspecified atom stereocenters. The standard InChI is InChI=1S/C20H17F3N6O2S.C20H15F3N6O2S.C11H9F3N4O.C9H9N3OS/c2*1-10(30)16-13(9-25-19-17(16)28-11(2)32-19)7-14(31)5-12-6-15(20(21,22)23)18(24-8-12)29-26-3-4-27-29;1-7(19)4-8-5-9(11(12,13)14)10(15-6-8)18-16-2-3-17-18;1-4(13)7-6(10)3-11-9-8(7)12-5(2)14-9/h3-4,6,8-10,30H,5,7H2,1-2H3;3-4,6,8-9H,5,7H2,1-2H3;2-3,5-6H,4H2,1H3;3H,10H2,1-2H3. The van der Waals surface area contributed by atoms with E-state index in [-0.39, 0.29) is 77.7 Å². The molecule has 37 heteroatoms. The van der Waals surface area contributed by atoms with E-state index in [4.69, 9.17) is 5.73 Å². The molecule has 25 nitrogen and oxygen atoms in total. The Bertz CT molecular complexity index is 4900. The molecule has 12 aromatic rings. The molecule has 502 valence electrons. The normalized spacial score (nSPS) is 12.0. The molecule has 0 saturated heterocycles. The molecule has 0 aromatic carbocycles. The molecule has 0 aliphatic heterocycles. The number of alkyl halides is 9. The number of nitrogen functional groups attached to an aromatic ring is 1. The largest absolute Gasteiger partial charge is 0.420 e. The maximum Gasteiger partial charge on any atom is 0.420 e. The van der Waals surface area contributed by atoms with Crippen molar-refractivity contribution in [3.05, 3.63) is 169 Å². The van der Waals surface area contributed by atoms with Crippen molar-refractivity contribution in [2.45, 2.75) is 105 Å². The lowest BCUT2D eigenvalue weighted by Gasteiger charge is -2.14. The van der Waals surface area contributed by atoms with E-state index in [1.165, 1.54) is 129 Å². The third-order valence-corrected chi connectivity index (χ3v) is 16.1. The lowest BCUT2D eigenvalue weighted by molar-refractivity contribution is -0.138. The van der Waals surface area contributed by atoms with Crippen LogP contribution in [0, 0.1) is 20.8 Å². The second kappa shape index (κ2) is 29.2. The monoisotopic (exact) mass is 1400 g/mol. The molecule has 12 rings (SSSR count). The first kappa shape index (κ1) is 70.8. The Morgan fingerprint density at radius 1 is 0.464 bits per heavy atom. The molecule has 97 heavy (non-hydrogen) atoms. The number of aromatic nitrogens is 18. The van der Waals surface area contributed by atoms with E-state index in [0.29, 0.717) is 59.7 Å². The maximum absolute atomic E-state index is 13.6. The van der Waals surface area contributed by atoms with E-state index >= 15 is 0 Å². The Hall–Kier alpha value is -10.5. The van der Waals surface area contributed by atoms with E-state index in [9.17, 15) is 68.6 Å². The number of rotatable bonds is 16. The average molecular weight is 1400 g/mol. The minimum absolute atomic E-state index is 0.0693. The van der Waals surface area contributed by atoms with Gasteiger partial charge in [0.1, 0.15) is 65.1 Å². The molecular weight excluding hydrogens is 1350 g/mol. The molecule has 0 saturated carbocycles. The Kier molecular flexibility index (Phi) is 21.3. The number of aliphatic hydroxyl groups excluding tert-OH is 1. The number of hydrogen-bond acceptors (Lipinski definition) is 25. The number of nitrogens with two attached hydrogens (primary N) is 1. The number of nitrogens with zero attached hydrogens (tertiary/aromatic N) is 18. The van der Waals surface area contributed by atoms with Gasteiger partial charge >= 0.3 is 18.5 Å². The fraction of sp³-hybridized carbons (Fsp3) is 0.267. The van der Waals surface area contributed by atoms with Crippen LogP contribution < -0.4 is 5.73 Å². The number of carbonyl (C=O) groups excluding carboxylic acids is 5. The Labute approximate surface area is 552 Å². The van der Waals surface area contributed by atoms with Crippen molar-refractivity contribution in [1.29, 1.82) is 0 Å². The highest BCUT2D eigenvalue weighted by molar-refractivity contribution is 7.18. The predicted molar refractivity (Wildman–Crippen MR) is 333 cm³/mol. The topological polar surface area (TPSA) is 340 Å². The fourth-order valence-electron chi connectivity index (χ4n) is 9.72. The number of pyridine rings is 6. The molecule has 0 aliphatic rings. The number of halogens is 9. The number of anilines is 1. The number of aryl methyl sites for hydroxylation is 3. The zero-order valence-electron chi connectivity index (χ0n) is 51.5. The van der Waals surface area contributed by atoms with Gasteiger partial charge < -0.3 is 10.8 Å².